The molecule has 3 heteroatoms. The van der Waals surface area contributed by atoms with Crippen LogP contribution in [0, 0.1) is 6.92 Å². The van der Waals surface area contributed by atoms with Crippen LogP contribution >= 0.6 is 0 Å². The van der Waals surface area contributed by atoms with Crippen molar-refractivity contribution >= 4 is 35.3 Å². The third-order valence-corrected chi connectivity index (χ3v) is 19.4. The highest BCUT2D eigenvalue weighted by Gasteiger charge is 2.46. The Morgan fingerprint density at radius 1 is 0.875 bits per heavy atom. The first-order valence-electron chi connectivity index (χ1n) is 8.95. The number of aryl methyl sites for hydroxylation is 1. The van der Waals surface area contributed by atoms with E-state index in [2.05, 4.69) is 94.3 Å². The molecule has 0 amide bonds. The molecule has 3 rings (SSSR count). The quantitative estimate of drug-likeness (QED) is 0.642. The molecule has 1 aliphatic rings. The fourth-order valence-corrected chi connectivity index (χ4v) is 22.4. The van der Waals surface area contributed by atoms with E-state index in [1.807, 2.05) is 4.82 Å². The van der Waals surface area contributed by atoms with E-state index in [0.29, 0.717) is 0 Å². The molecule has 0 aliphatic carbocycles. The van der Waals surface area contributed by atoms with Gasteiger partial charge in [0.1, 0.15) is 8.80 Å². The SMILES string of the molecule is Cc1ccccc1[Si]1C[Si](C)(C)C(c2ccccc2)=C1[Si](C)(C)C. The van der Waals surface area contributed by atoms with Crippen molar-refractivity contribution in [3.63, 3.8) is 0 Å². The fraction of sp³-hybridized carbons (Fsp3) is 0.333. The molecular weight excluding hydrogens is 336 g/mol. The summed E-state index contributed by atoms with van der Waals surface area (Å²) in [6.07, 6.45) is 0. The lowest BCUT2D eigenvalue weighted by Crippen LogP contribution is -2.42. The molecule has 2 aromatic carbocycles. The van der Waals surface area contributed by atoms with E-state index in [1.54, 1.807) is 10.4 Å². The van der Waals surface area contributed by atoms with Crippen molar-refractivity contribution in [3.05, 3.63) is 70.5 Å². The fourth-order valence-electron chi connectivity index (χ4n) is 4.22. The molecule has 0 bridgehead atoms. The average molecular weight is 366 g/mol. The summed E-state index contributed by atoms with van der Waals surface area (Å²) in [6.45, 7) is 15.2. The number of benzene rings is 2. The van der Waals surface area contributed by atoms with E-state index in [-0.39, 0.29) is 0 Å². The predicted molar refractivity (Wildman–Crippen MR) is 116 cm³/mol. The van der Waals surface area contributed by atoms with E-state index in [1.165, 1.54) is 16.8 Å². The van der Waals surface area contributed by atoms with Crippen molar-refractivity contribution in [3.8, 4) is 0 Å². The molecule has 0 saturated carbocycles. The second-order valence-corrected chi connectivity index (χ2v) is 21.9. The van der Waals surface area contributed by atoms with E-state index in [0.717, 1.165) is 0 Å². The van der Waals surface area contributed by atoms with Gasteiger partial charge in [-0.25, -0.2) is 0 Å². The Hall–Kier alpha value is -1.17. The van der Waals surface area contributed by atoms with E-state index >= 15 is 0 Å². The zero-order valence-corrected chi connectivity index (χ0v) is 18.9. The third kappa shape index (κ3) is 3.17. The second-order valence-electron chi connectivity index (χ2n) is 8.72. The summed E-state index contributed by atoms with van der Waals surface area (Å²) >= 11 is 0. The van der Waals surface area contributed by atoms with E-state index in [4.69, 9.17) is 0 Å². The number of hydrogen-bond donors (Lipinski definition) is 0. The highest BCUT2D eigenvalue weighted by molar-refractivity contribution is 7.19. The molecule has 2 aromatic rings. The molecule has 1 heterocycles. The Balaban J connectivity index is 2.27. The molecule has 125 valence electrons. The highest BCUT2D eigenvalue weighted by atomic mass is 28.4. The van der Waals surface area contributed by atoms with Crippen LogP contribution in [-0.4, -0.2) is 24.9 Å². The van der Waals surface area contributed by atoms with Crippen LogP contribution in [0.25, 0.3) is 5.20 Å². The molecule has 0 atom stereocenters. The molecule has 0 fully saturated rings. The molecule has 0 N–H and O–H groups in total. The number of rotatable bonds is 3. The zero-order valence-electron chi connectivity index (χ0n) is 15.9. The van der Waals surface area contributed by atoms with Gasteiger partial charge in [-0.1, -0.05) is 114 Å². The van der Waals surface area contributed by atoms with Gasteiger partial charge in [-0.3, -0.25) is 0 Å². The minimum atomic E-state index is -1.39. The Labute approximate surface area is 151 Å². The zero-order chi connectivity index (χ0) is 17.5. The van der Waals surface area contributed by atoms with Crippen molar-refractivity contribution in [1.82, 2.24) is 0 Å². The minimum absolute atomic E-state index is 0.614. The maximum absolute atomic E-state index is 2.60. The van der Waals surface area contributed by atoms with Crippen LogP contribution in [0.4, 0.5) is 0 Å². The molecule has 0 unspecified atom stereocenters. The Morgan fingerprint density at radius 3 is 2.04 bits per heavy atom. The first-order valence-corrected chi connectivity index (χ1v) is 17.4. The molecule has 0 aromatic heterocycles. The number of hydrogen-bond acceptors (Lipinski definition) is 0. The van der Waals surface area contributed by atoms with Gasteiger partial charge in [0.15, 0.2) is 0 Å². The van der Waals surface area contributed by atoms with Gasteiger partial charge in [-0.2, -0.15) is 0 Å². The summed E-state index contributed by atoms with van der Waals surface area (Å²) in [6, 6.07) is 20.5. The van der Waals surface area contributed by atoms with E-state index < -0.39 is 24.9 Å². The van der Waals surface area contributed by atoms with Crippen molar-refractivity contribution in [2.45, 2.75) is 45.3 Å². The van der Waals surface area contributed by atoms with Crippen molar-refractivity contribution in [2.24, 2.45) is 0 Å². The van der Waals surface area contributed by atoms with Gasteiger partial charge < -0.3 is 0 Å². The Bertz CT molecular complexity index is 767. The molecule has 1 radical (unpaired) electrons. The molecule has 0 saturated heterocycles. The third-order valence-electron chi connectivity index (χ3n) is 5.13. The van der Waals surface area contributed by atoms with Crippen LogP contribution < -0.4 is 5.19 Å². The first kappa shape index (κ1) is 17.6. The van der Waals surface area contributed by atoms with Gasteiger partial charge in [-0.15, -0.1) is 0 Å². The van der Waals surface area contributed by atoms with Gasteiger partial charge in [0.05, 0.1) is 16.1 Å². The van der Waals surface area contributed by atoms with Gasteiger partial charge in [-0.05, 0) is 12.5 Å². The van der Waals surface area contributed by atoms with Crippen molar-refractivity contribution in [2.75, 3.05) is 0 Å². The summed E-state index contributed by atoms with van der Waals surface area (Å²) < 4.78 is 0. The van der Waals surface area contributed by atoms with Crippen molar-refractivity contribution < 1.29 is 0 Å². The van der Waals surface area contributed by atoms with Crippen LogP contribution in [0.3, 0.4) is 0 Å². The van der Waals surface area contributed by atoms with Crippen LogP contribution in [0.1, 0.15) is 11.1 Å². The molecule has 1 aliphatic heterocycles. The van der Waals surface area contributed by atoms with Crippen molar-refractivity contribution in [1.29, 1.82) is 0 Å². The minimum Gasteiger partial charge on any atom is -0.0879 e. The lowest BCUT2D eigenvalue weighted by atomic mass is 10.2. The van der Waals surface area contributed by atoms with Gasteiger partial charge in [0.2, 0.25) is 0 Å². The lowest BCUT2D eigenvalue weighted by molar-refractivity contribution is 1.50. The van der Waals surface area contributed by atoms with Gasteiger partial charge in [0, 0.05) is 0 Å². The summed E-state index contributed by atoms with van der Waals surface area (Å²) in [5.74, 6) is 0. The normalized spacial score (nSPS) is 18.2. The summed E-state index contributed by atoms with van der Waals surface area (Å²) in [4.78, 5) is 1.92. The second kappa shape index (κ2) is 6.28. The maximum atomic E-state index is 2.60. The summed E-state index contributed by atoms with van der Waals surface area (Å²) in [5.41, 5.74) is 4.48. The largest absolute Gasteiger partial charge is 0.109 e. The summed E-state index contributed by atoms with van der Waals surface area (Å²) in [5, 5.41) is 3.48. The smallest absolute Gasteiger partial charge is 0.0879 e. The predicted octanol–water partition coefficient (Wildman–Crippen LogP) is 5.37. The van der Waals surface area contributed by atoms with Crippen LogP contribution in [0.2, 0.25) is 38.4 Å². The molecule has 0 spiro atoms. The lowest BCUT2D eigenvalue weighted by Gasteiger charge is -2.28. The van der Waals surface area contributed by atoms with Crippen LogP contribution in [-0.2, 0) is 0 Å². The molecule has 24 heavy (non-hydrogen) atoms. The van der Waals surface area contributed by atoms with Crippen LogP contribution in [0.15, 0.2) is 59.4 Å². The topological polar surface area (TPSA) is 0 Å². The van der Waals surface area contributed by atoms with E-state index in [9.17, 15) is 0 Å². The van der Waals surface area contributed by atoms with Crippen LogP contribution in [0.5, 0.6) is 0 Å². The van der Waals surface area contributed by atoms with Gasteiger partial charge >= 0.3 is 0 Å². The Morgan fingerprint density at radius 2 is 1.46 bits per heavy atom. The summed E-state index contributed by atoms with van der Waals surface area (Å²) in [7, 11) is -3.37. The maximum Gasteiger partial charge on any atom is 0.109 e. The molecular formula is C21H29Si3. The van der Waals surface area contributed by atoms with Gasteiger partial charge in [0.25, 0.3) is 0 Å². The highest BCUT2D eigenvalue weighted by Crippen LogP contribution is 2.44. The molecule has 0 nitrogen and oxygen atoms in total. The first-order chi connectivity index (χ1) is 11.2. The Kier molecular flexibility index (Phi) is 4.62. The standard InChI is InChI=1S/C21H29Si3/c1-17-12-10-11-15-19(17)22-16-24(5,6)20(21(22)23(2,3)4)18-13-8-7-9-14-18/h7-15H,16H2,1-6H3. The monoisotopic (exact) mass is 365 g/mol. The average Bonchev–Trinajstić information content (AvgIpc) is 2.80.